The van der Waals surface area contributed by atoms with Crippen LogP contribution >= 0.6 is 11.8 Å². The Bertz CT molecular complexity index is 344. The van der Waals surface area contributed by atoms with E-state index in [0.717, 1.165) is 30.2 Å². The third-order valence-corrected chi connectivity index (χ3v) is 3.45. The highest BCUT2D eigenvalue weighted by molar-refractivity contribution is 8.00. The van der Waals surface area contributed by atoms with Gasteiger partial charge in [-0.25, -0.2) is 0 Å². The third kappa shape index (κ3) is 6.87. The number of ether oxygens (including phenoxy) is 1. The number of hydrogen-bond acceptors (Lipinski definition) is 4. The first-order valence-corrected chi connectivity index (χ1v) is 7.32. The highest BCUT2D eigenvalue weighted by Gasteiger charge is 2.09. The van der Waals surface area contributed by atoms with Crippen molar-refractivity contribution in [3.05, 3.63) is 24.0 Å². The summed E-state index contributed by atoms with van der Waals surface area (Å²) in [5.41, 5.74) is 6.74. The standard InChI is InChI=1S/C14H24N2OS/c1-11(15)9-12-5-6-13(10-16-12)17-7-8-18-14(2,3)4/h5-6,10-11H,7-9,15H2,1-4H3. The van der Waals surface area contributed by atoms with E-state index in [-0.39, 0.29) is 6.04 Å². The maximum atomic E-state index is 5.73. The topological polar surface area (TPSA) is 48.1 Å². The summed E-state index contributed by atoms with van der Waals surface area (Å²) >= 11 is 1.90. The molecule has 0 saturated heterocycles. The van der Waals surface area contributed by atoms with E-state index < -0.39 is 0 Å². The fraction of sp³-hybridized carbons (Fsp3) is 0.643. The predicted octanol–water partition coefficient (Wildman–Crippen LogP) is 2.88. The van der Waals surface area contributed by atoms with Gasteiger partial charge in [-0.05, 0) is 19.1 Å². The van der Waals surface area contributed by atoms with Crippen molar-refractivity contribution in [2.75, 3.05) is 12.4 Å². The molecule has 1 rings (SSSR count). The van der Waals surface area contributed by atoms with E-state index in [1.807, 2.05) is 30.8 Å². The SMILES string of the molecule is CC(N)Cc1ccc(OCCSC(C)(C)C)cn1. The zero-order valence-electron chi connectivity index (χ0n) is 11.8. The van der Waals surface area contributed by atoms with Gasteiger partial charge in [0, 0.05) is 28.7 Å². The first-order chi connectivity index (χ1) is 8.37. The van der Waals surface area contributed by atoms with Gasteiger partial charge >= 0.3 is 0 Å². The molecule has 0 saturated carbocycles. The van der Waals surface area contributed by atoms with Crippen molar-refractivity contribution in [3.63, 3.8) is 0 Å². The van der Waals surface area contributed by atoms with Gasteiger partial charge in [-0.2, -0.15) is 11.8 Å². The molecule has 0 aliphatic carbocycles. The Morgan fingerprint density at radius 2 is 2.11 bits per heavy atom. The summed E-state index contributed by atoms with van der Waals surface area (Å²) in [6.45, 7) is 9.33. The van der Waals surface area contributed by atoms with Crippen molar-refractivity contribution in [2.24, 2.45) is 5.73 Å². The van der Waals surface area contributed by atoms with Crippen molar-refractivity contribution in [1.29, 1.82) is 0 Å². The average molecular weight is 268 g/mol. The lowest BCUT2D eigenvalue weighted by atomic mass is 10.2. The smallest absolute Gasteiger partial charge is 0.137 e. The van der Waals surface area contributed by atoms with Gasteiger partial charge in [0.1, 0.15) is 5.75 Å². The second-order valence-corrected chi connectivity index (χ2v) is 7.40. The van der Waals surface area contributed by atoms with Crippen LogP contribution in [0.25, 0.3) is 0 Å². The van der Waals surface area contributed by atoms with Crippen LogP contribution in [0.3, 0.4) is 0 Å². The van der Waals surface area contributed by atoms with Gasteiger partial charge in [0.05, 0.1) is 12.8 Å². The van der Waals surface area contributed by atoms with Crippen LogP contribution < -0.4 is 10.5 Å². The molecule has 102 valence electrons. The molecule has 4 heteroatoms. The van der Waals surface area contributed by atoms with E-state index in [4.69, 9.17) is 10.5 Å². The van der Waals surface area contributed by atoms with Crippen LogP contribution in [0, 0.1) is 0 Å². The normalized spacial score (nSPS) is 13.4. The van der Waals surface area contributed by atoms with Crippen molar-refractivity contribution < 1.29 is 4.74 Å². The van der Waals surface area contributed by atoms with E-state index in [1.165, 1.54) is 0 Å². The molecule has 0 radical (unpaired) electrons. The second-order valence-electron chi connectivity index (χ2n) is 5.48. The van der Waals surface area contributed by atoms with Gasteiger partial charge < -0.3 is 10.5 Å². The Morgan fingerprint density at radius 1 is 1.39 bits per heavy atom. The number of pyridine rings is 1. The molecule has 1 unspecified atom stereocenters. The molecule has 18 heavy (non-hydrogen) atoms. The van der Waals surface area contributed by atoms with Crippen molar-refractivity contribution >= 4 is 11.8 Å². The lowest BCUT2D eigenvalue weighted by Gasteiger charge is -2.17. The van der Waals surface area contributed by atoms with Crippen molar-refractivity contribution in [1.82, 2.24) is 4.98 Å². The molecule has 1 aromatic heterocycles. The molecule has 0 aromatic carbocycles. The monoisotopic (exact) mass is 268 g/mol. The Balaban J connectivity index is 2.31. The maximum Gasteiger partial charge on any atom is 0.137 e. The molecule has 1 aromatic rings. The third-order valence-electron chi connectivity index (χ3n) is 2.22. The van der Waals surface area contributed by atoms with Crippen LogP contribution in [0.2, 0.25) is 0 Å². The number of nitrogens with zero attached hydrogens (tertiary/aromatic N) is 1. The van der Waals surface area contributed by atoms with E-state index in [1.54, 1.807) is 6.20 Å². The molecule has 2 N–H and O–H groups in total. The highest BCUT2D eigenvalue weighted by Crippen LogP contribution is 2.22. The van der Waals surface area contributed by atoms with Crippen LogP contribution in [0.5, 0.6) is 5.75 Å². The second kappa shape index (κ2) is 7.00. The first kappa shape index (κ1) is 15.3. The summed E-state index contributed by atoms with van der Waals surface area (Å²) < 4.78 is 5.94. The zero-order chi connectivity index (χ0) is 13.6. The molecule has 3 nitrogen and oxygen atoms in total. The summed E-state index contributed by atoms with van der Waals surface area (Å²) in [7, 11) is 0. The lowest BCUT2D eigenvalue weighted by Crippen LogP contribution is -2.18. The van der Waals surface area contributed by atoms with Gasteiger partial charge in [-0.1, -0.05) is 20.8 Å². The Morgan fingerprint density at radius 3 is 2.61 bits per heavy atom. The summed E-state index contributed by atoms with van der Waals surface area (Å²) in [4.78, 5) is 4.33. The molecular formula is C14H24N2OS. The molecule has 0 bridgehead atoms. The average Bonchev–Trinajstić information content (AvgIpc) is 2.24. The maximum absolute atomic E-state index is 5.73. The van der Waals surface area contributed by atoms with Gasteiger partial charge in [0.2, 0.25) is 0 Å². The number of hydrogen-bond donors (Lipinski definition) is 1. The first-order valence-electron chi connectivity index (χ1n) is 6.34. The molecule has 0 spiro atoms. The van der Waals surface area contributed by atoms with Gasteiger partial charge in [0.25, 0.3) is 0 Å². The Labute approximate surface area is 115 Å². The number of thioether (sulfide) groups is 1. The van der Waals surface area contributed by atoms with Crippen molar-refractivity contribution in [2.45, 2.75) is 44.9 Å². The summed E-state index contributed by atoms with van der Waals surface area (Å²) in [6, 6.07) is 4.09. The fourth-order valence-electron chi connectivity index (χ4n) is 1.45. The van der Waals surface area contributed by atoms with Gasteiger partial charge in [0.15, 0.2) is 0 Å². The van der Waals surface area contributed by atoms with Crippen molar-refractivity contribution in [3.8, 4) is 5.75 Å². The summed E-state index contributed by atoms with van der Waals surface area (Å²) in [5.74, 6) is 1.82. The summed E-state index contributed by atoms with van der Waals surface area (Å²) in [6.07, 6.45) is 2.58. The minimum atomic E-state index is 0.146. The van der Waals surface area contributed by atoms with Gasteiger partial charge in [-0.15, -0.1) is 0 Å². The van der Waals surface area contributed by atoms with E-state index in [0.29, 0.717) is 4.75 Å². The van der Waals surface area contributed by atoms with Crippen LogP contribution in [0.4, 0.5) is 0 Å². The van der Waals surface area contributed by atoms with E-state index >= 15 is 0 Å². The quantitative estimate of drug-likeness (QED) is 0.806. The number of rotatable bonds is 6. The molecule has 0 aliphatic heterocycles. The van der Waals surface area contributed by atoms with E-state index in [2.05, 4.69) is 25.8 Å². The molecular weight excluding hydrogens is 244 g/mol. The van der Waals surface area contributed by atoms with E-state index in [9.17, 15) is 0 Å². The van der Waals surface area contributed by atoms with Crippen LogP contribution in [-0.2, 0) is 6.42 Å². The molecule has 0 amide bonds. The number of aromatic nitrogens is 1. The predicted molar refractivity (Wildman–Crippen MR) is 79.3 cm³/mol. The minimum absolute atomic E-state index is 0.146. The summed E-state index contributed by atoms with van der Waals surface area (Å²) in [5, 5.41) is 0. The minimum Gasteiger partial charge on any atom is -0.491 e. The highest BCUT2D eigenvalue weighted by atomic mass is 32.2. The van der Waals surface area contributed by atoms with Crippen LogP contribution in [0.15, 0.2) is 18.3 Å². The Hall–Kier alpha value is -0.740. The van der Waals surface area contributed by atoms with Gasteiger partial charge in [-0.3, -0.25) is 4.98 Å². The molecule has 0 aliphatic rings. The molecule has 1 heterocycles. The largest absolute Gasteiger partial charge is 0.491 e. The van der Waals surface area contributed by atoms with Crippen LogP contribution in [-0.4, -0.2) is 28.1 Å². The molecule has 1 atom stereocenters. The zero-order valence-corrected chi connectivity index (χ0v) is 12.6. The lowest BCUT2D eigenvalue weighted by molar-refractivity contribution is 0.342. The fourth-order valence-corrected chi connectivity index (χ4v) is 2.23. The Kier molecular flexibility index (Phi) is 5.96. The van der Waals surface area contributed by atoms with Crippen LogP contribution in [0.1, 0.15) is 33.4 Å². The molecule has 0 fully saturated rings. The number of nitrogens with two attached hydrogens (primary N) is 1.